The quantitative estimate of drug-likeness (QED) is 0.774. The molecule has 0 aliphatic heterocycles. The summed E-state index contributed by atoms with van der Waals surface area (Å²) < 4.78 is 4.96. The van der Waals surface area contributed by atoms with Crippen LogP contribution in [0.5, 0.6) is 0 Å². The summed E-state index contributed by atoms with van der Waals surface area (Å²) in [6, 6.07) is 4.80. The fraction of sp³-hybridized carbons (Fsp3) is 0.357. The van der Waals surface area contributed by atoms with Crippen LogP contribution in [-0.2, 0) is 19.1 Å². The van der Waals surface area contributed by atoms with Gasteiger partial charge in [-0.15, -0.1) is 0 Å². The van der Waals surface area contributed by atoms with E-state index >= 15 is 0 Å². The van der Waals surface area contributed by atoms with Gasteiger partial charge >= 0.3 is 5.97 Å². The Bertz CT molecular complexity index is 578. The predicted octanol–water partition coefficient (Wildman–Crippen LogP) is 2.39. The molecule has 2 amide bonds. The van der Waals surface area contributed by atoms with Gasteiger partial charge < -0.3 is 15.4 Å². The highest BCUT2D eigenvalue weighted by Gasteiger charge is 2.19. The summed E-state index contributed by atoms with van der Waals surface area (Å²) in [6.07, 6.45) is -1.02. The van der Waals surface area contributed by atoms with E-state index in [1.54, 1.807) is 18.2 Å². The Morgan fingerprint density at radius 2 is 1.95 bits per heavy atom. The minimum absolute atomic E-state index is 0.0187. The molecule has 0 aliphatic rings. The highest BCUT2D eigenvalue weighted by atomic mass is 35.5. The van der Waals surface area contributed by atoms with Crippen molar-refractivity contribution >= 4 is 46.7 Å². The Balaban J connectivity index is 2.49. The van der Waals surface area contributed by atoms with Crippen molar-refractivity contribution in [3.63, 3.8) is 0 Å². The van der Waals surface area contributed by atoms with Crippen molar-refractivity contribution in [1.29, 1.82) is 0 Å². The molecule has 1 aromatic rings. The molecule has 0 aliphatic carbocycles. The van der Waals surface area contributed by atoms with E-state index in [1.807, 2.05) is 0 Å². The number of benzene rings is 1. The smallest absolute Gasteiger partial charge is 0.308 e. The minimum Gasteiger partial charge on any atom is -0.452 e. The Kier molecular flexibility index (Phi) is 7.14. The molecular formula is C14H16Cl2N2O4. The Morgan fingerprint density at radius 3 is 2.59 bits per heavy atom. The first kappa shape index (κ1) is 18.3. The van der Waals surface area contributed by atoms with Crippen LogP contribution in [0.1, 0.15) is 20.3 Å². The molecule has 6 nitrogen and oxygen atoms in total. The summed E-state index contributed by atoms with van der Waals surface area (Å²) in [6.45, 7) is 2.93. The number of halogens is 2. The second kappa shape index (κ2) is 8.60. The zero-order valence-corrected chi connectivity index (χ0v) is 13.6. The van der Waals surface area contributed by atoms with Crippen LogP contribution in [0.4, 0.5) is 5.69 Å². The van der Waals surface area contributed by atoms with Crippen LogP contribution in [0.2, 0.25) is 10.0 Å². The first-order chi connectivity index (χ1) is 10.3. The normalized spacial score (nSPS) is 11.5. The molecule has 120 valence electrons. The topological polar surface area (TPSA) is 84.5 Å². The number of hydrogen-bond acceptors (Lipinski definition) is 4. The maximum Gasteiger partial charge on any atom is 0.308 e. The maximum absolute atomic E-state index is 11.9. The lowest BCUT2D eigenvalue weighted by Gasteiger charge is -2.14. The Hall–Kier alpha value is -1.79. The lowest BCUT2D eigenvalue weighted by Crippen LogP contribution is -2.31. The Morgan fingerprint density at radius 1 is 1.27 bits per heavy atom. The van der Waals surface area contributed by atoms with Gasteiger partial charge in [-0.05, 0) is 19.1 Å². The molecule has 1 rings (SSSR count). The number of carbonyl (C=O) groups excluding carboxylic acids is 3. The van der Waals surface area contributed by atoms with Gasteiger partial charge in [0, 0.05) is 13.5 Å². The molecule has 1 aromatic carbocycles. The predicted molar refractivity (Wildman–Crippen MR) is 83.9 cm³/mol. The van der Waals surface area contributed by atoms with Crippen molar-refractivity contribution in [3.05, 3.63) is 28.2 Å². The van der Waals surface area contributed by atoms with E-state index in [0.717, 1.165) is 0 Å². The highest BCUT2D eigenvalue weighted by molar-refractivity contribution is 6.44. The number of esters is 1. The van der Waals surface area contributed by atoms with Gasteiger partial charge in [0.25, 0.3) is 5.91 Å². The van der Waals surface area contributed by atoms with Crippen LogP contribution in [0.3, 0.4) is 0 Å². The molecule has 0 aromatic heterocycles. The minimum atomic E-state index is -1.00. The number of ether oxygens (including phenoxy) is 1. The number of hydrogen-bond donors (Lipinski definition) is 2. The zero-order chi connectivity index (χ0) is 16.7. The molecular weight excluding hydrogens is 331 g/mol. The third kappa shape index (κ3) is 5.91. The third-order valence-corrected chi connectivity index (χ3v) is 3.41. The summed E-state index contributed by atoms with van der Waals surface area (Å²) in [7, 11) is 0. The first-order valence-corrected chi connectivity index (χ1v) is 7.25. The van der Waals surface area contributed by atoms with E-state index in [2.05, 4.69) is 10.6 Å². The Labute approximate surface area is 138 Å². The molecule has 0 spiro atoms. The SMILES string of the molecule is CC(=O)NCCC(=O)O[C@H](C)C(=O)Nc1cccc(Cl)c1Cl. The van der Waals surface area contributed by atoms with Gasteiger partial charge in [-0.1, -0.05) is 29.3 Å². The van der Waals surface area contributed by atoms with Crippen molar-refractivity contribution < 1.29 is 19.1 Å². The number of anilines is 1. The molecule has 0 bridgehead atoms. The molecule has 0 fully saturated rings. The van der Waals surface area contributed by atoms with E-state index in [1.165, 1.54) is 13.8 Å². The first-order valence-electron chi connectivity index (χ1n) is 6.50. The van der Waals surface area contributed by atoms with Crippen LogP contribution >= 0.6 is 23.2 Å². The van der Waals surface area contributed by atoms with Crippen molar-refractivity contribution in [2.24, 2.45) is 0 Å². The molecule has 0 radical (unpaired) electrons. The van der Waals surface area contributed by atoms with Crippen molar-refractivity contribution in [1.82, 2.24) is 5.32 Å². The molecule has 2 N–H and O–H groups in total. The van der Waals surface area contributed by atoms with Crippen molar-refractivity contribution in [2.45, 2.75) is 26.4 Å². The molecule has 0 saturated heterocycles. The van der Waals surface area contributed by atoms with Gasteiger partial charge in [0.05, 0.1) is 22.2 Å². The van der Waals surface area contributed by atoms with E-state index < -0.39 is 18.0 Å². The van der Waals surface area contributed by atoms with E-state index in [4.69, 9.17) is 27.9 Å². The lowest BCUT2D eigenvalue weighted by molar-refractivity contribution is -0.153. The van der Waals surface area contributed by atoms with Crippen molar-refractivity contribution in [3.8, 4) is 0 Å². The second-order valence-electron chi connectivity index (χ2n) is 4.46. The summed E-state index contributed by atoms with van der Waals surface area (Å²) in [5.74, 6) is -1.36. The van der Waals surface area contributed by atoms with Gasteiger partial charge in [-0.2, -0.15) is 0 Å². The number of nitrogens with one attached hydrogen (secondary N) is 2. The van der Waals surface area contributed by atoms with Gasteiger partial charge in [0.1, 0.15) is 0 Å². The lowest BCUT2D eigenvalue weighted by atomic mass is 10.3. The highest BCUT2D eigenvalue weighted by Crippen LogP contribution is 2.29. The van der Waals surface area contributed by atoms with E-state index in [0.29, 0.717) is 10.7 Å². The summed E-state index contributed by atoms with van der Waals surface area (Å²) in [5.41, 5.74) is 0.334. The standard InChI is InChI=1S/C14H16Cl2N2O4/c1-8(22-12(20)6-7-17-9(2)19)14(21)18-11-5-3-4-10(15)13(11)16/h3-5,8H,6-7H2,1-2H3,(H,17,19)(H,18,21)/t8-/m1/s1. The molecule has 1 atom stereocenters. The van der Waals surface area contributed by atoms with E-state index in [-0.39, 0.29) is 23.9 Å². The number of amides is 2. The fourth-order valence-electron chi connectivity index (χ4n) is 1.48. The van der Waals surface area contributed by atoms with Crippen LogP contribution in [0.15, 0.2) is 18.2 Å². The zero-order valence-electron chi connectivity index (χ0n) is 12.1. The molecule has 0 heterocycles. The average Bonchev–Trinajstić information content (AvgIpc) is 2.43. The molecule has 8 heteroatoms. The second-order valence-corrected chi connectivity index (χ2v) is 5.24. The van der Waals surface area contributed by atoms with E-state index in [9.17, 15) is 14.4 Å². The van der Waals surface area contributed by atoms with Crippen molar-refractivity contribution in [2.75, 3.05) is 11.9 Å². The molecule has 0 unspecified atom stereocenters. The average molecular weight is 347 g/mol. The van der Waals surface area contributed by atoms with Gasteiger partial charge in [0.15, 0.2) is 6.10 Å². The fourth-order valence-corrected chi connectivity index (χ4v) is 1.83. The number of carbonyl (C=O) groups is 3. The monoisotopic (exact) mass is 346 g/mol. The number of rotatable bonds is 6. The van der Waals surface area contributed by atoms with Crippen LogP contribution in [0, 0.1) is 0 Å². The molecule has 0 saturated carbocycles. The third-order valence-electron chi connectivity index (χ3n) is 2.59. The van der Waals surface area contributed by atoms with Gasteiger partial charge in [-0.25, -0.2) is 0 Å². The molecule has 22 heavy (non-hydrogen) atoms. The van der Waals surface area contributed by atoms with Crippen LogP contribution < -0.4 is 10.6 Å². The largest absolute Gasteiger partial charge is 0.452 e. The summed E-state index contributed by atoms with van der Waals surface area (Å²) in [4.78, 5) is 34.1. The van der Waals surface area contributed by atoms with Crippen LogP contribution in [0.25, 0.3) is 0 Å². The summed E-state index contributed by atoms with van der Waals surface area (Å²) >= 11 is 11.8. The van der Waals surface area contributed by atoms with Gasteiger partial charge in [0.2, 0.25) is 5.91 Å². The maximum atomic E-state index is 11.9. The van der Waals surface area contributed by atoms with Crippen LogP contribution in [-0.4, -0.2) is 30.4 Å². The van der Waals surface area contributed by atoms with Gasteiger partial charge in [-0.3, -0.25) is 14.4 Å². The summed E-state index contributed by atoms with van der Waals surface area (Å²) in [5, 5.41) is 5.50.